The van der Waals surface area contributed by atoms with Gasteiger partial charge in [0, 0.05) is 36.3 Å². The molecule has 0 aliphatic carbocycles. The monoisotopic (exact) mass is 257 g/mol. The van der Waals surface area contributed by atoms with E-state index >= 15 is 0 Å². The molecule has 0 aliphatic heterocycles. The molecule has 0 saturated carbocycles. The van der Waals surface area contributed by atoms with Gasteiger partial charge < -0.3 is 21.5 Å². The Morgan fingerprint density at radius 2 is 1.79 bits per heavy atom. The number of benzene rings is 2. The van der Waals surface area contributed by atoms with Crippen molar-refractivity contribution in [2.45, 2.75) is 0 Å². The third-order valence-electron chi connectivity index (χ3n) is 2.91. The van der Waals surface area contributed by atoms with Crippen LogP contribution in [-0.4, -0.2) is 20.3 Å². The molecule has 2 rings (SSSR count). The SMILES string of the molecule is COCCNc1ccc(N)c(-c2ccc(N)cc2)c1. The van der Waals surface area contributed by atoms with E-state index in [1.54, 1.807) is 7.11 Å². The Kier molecular flexibility index (Phi) is 4.26. The van der Waals surface area contributed by atoms with Crippen LogP contribution in [-0.2, 0) is 4.74 Å². The summed E-state index contributed by atoms with van der Waals surface area (Å²) in [5.74, 6) is 0. The van der Waals surface area contributed by atoms with Crippen LogP contribution in [0.1, 0.15) is 0 Å². The largest absolute Gasteiger partial charge is 0.399 e. The fraction of sp³-hybridized carbons (Fsp3) is 0.200. The number of nitrogens with two attached hydrogens (primary N) is 2. The van der Waals surface area contributed by atoms with Gasteiger partial charge in [0.15, 0.2) is 0 Å². The van der Waals surface area contributed by atoms with E-state index in [1.807, 2.05) is 42.5 Å². The standard InChI is InChI=1S/C15H19N3O/c1-19-9-8-18-13-6-7-15(17)14(10-13)11-2-4-12(16)5-3-11/h2-7,10,18H,8-9,16-17H2,1H3. The zero-order valence-corrected chi connectivity index (χ0v) is 11.0. The molecular formula is C15H19N3O. The van der Waals surface area contributed by atoms with Crippen LogP contribution >= 0.6 is 0 Å². The van der Waals surface area contributed by atoms with E-state index in [2.05, 4.69) is 5.32 Å². The molecule has 100 valence electrons. The van der Waals surface area contributed by atoms with Gasteiger partial charge in [-0.1, -0.05) is 12.1 Å². The van der Waals surface area contributed by atoms with Gasteiger partial charge in [0.25, 0.3) is 0 Å². The number of ether oxygens (including phenoxy) is 1. The minimum atomic E-state index is 0.668. The molecule has 0 amide bonds. The van der Waals surface area contributed by atoms with Crippen molar-refractivity contribution in [3.05, 3.63) is 42.5 Å². The van der Waals surface area contributed by atoms with Crippen molar-refractivity contribution in [1.29, 1.82) is 0 Å². The summed E-state index contributed by atoms with van der Waals surface area (Å²) in [7, 11) is 1.68. The molecule has 0 fully saturated rings. The van der Waals surface area contributed by atoms with Crippen LogP contribution in [0.2, 0.25) is 0 Å². The zero-order chi connectivity index (χ0) is 13.7. The summed E-state index contributed by atoms with van der Waals surface area (Å²) >= 11 is 0. The third-order valence-corrected chi connectivity index (χ3v) is 2.91. The lowest BCUT2D eigenvalue weighted by Gasteiger charge is -2.11. The first-order valence-electron chi connectivity index (χ1n) is 6.19. The Morgan fingerprint density at radius 1 is 1.05 bits per heavy atom. The van der Waals surface area contributed by atoms with E-state index < -0.39 is 0 Å². The quantitative estimate of drug-likeness (QED) is 0.568. The summed E-state index contributed by atoms with van der Waals surface area (Å²) in [5, 5.41) is 3.29. The summed E-state index contributed by atoms with van der Waals surface area (Å²) in [5.41, 5.74) is 16.3. The molecule has 0 saturated heterocycles. The molecule has 4 nitrogen and oxygen atoms in total. The normalized spacial score (nSPS) is 10.4. The van der Waals surface area contributed by atoms with Crippen LogP contribution in [0.3, 0.4) is 0 Å². The number of hydrogen-bond acceptors (Lipinski definition) is 4. The molecule has 19 heavy (non-hydrogen) atoms. The van der Waals surface area contributed by atoms with Gasteiger partial charge in [0.2, 0.25) is 0 Å². The second-order valence-electron chi connectivity index (χ2n) is 4.34. The van der Waals surface area contributed by atoms with Crippen molar-refractivity contribution < 1.29 is 4.74 Å². The van der Waals surface area contributed by atoms with E-state index in [0.29, 0.717) is 6.61 Å². The Labute approximate surface area is 113 Å². The van der Waals surface area contributed by atoms with E-state index in [-0.39, 0.29) is 0 Å². The van der Waals surface area contributed by atoms with E-state index in [4.69, 9.17) is 16.2 Å². The summed E-state index contributed by atoms with van der Waals surface area (Å²) < 4.78 is 5.01. The van der Waals surface area contributed by atoms with Crippen LogP contribution in [0.5, 0.6) is 0 Å². The highest BCUT2D eigenvalue weighted by Crippen LogP contribution is 2.29. The van der Waals surface area contributed by atoms with Crippen molar-refractivity contribution in [2.75, 3.05) is 37.0 Å². The molecule has 0 atom stereocenters. The van der Waals surface area contributed by atoms with Gasteiger partial charge in [-0.05, 0) is 35.9 Å². The van der Waals surface area contributed by atoms with E-state index in [0.717, 1.165) is 34.7 Å². The van der Waals surface area contributed by atoms with Crippen molar-refractivity contribution in [3.63, 3.8) is 0 Å². The zero-order valence-electron chi connectivity index (χ0n) is 11.0. The van der Waals surface area contributed by atoms with Gasteiger partial charge in [0.05, 0.1) is 6.61 Å². The average Bonchev–Trinajstić information content (AvgIpc) is 2.42. The van der Waals surface area contributed by atoms with Crippen LogP contribution in [0.4, 0.5) is 17.1 Å². The molecule has 0 bridgehead atoms. The average molecular weight is 257 g/mol. The summed E-state index contributed by atoms with van der Waals surface area (Å²) in [4.78, 5) is 0. The van der Waals surface area contributed by atoms with Crippen LogP contribution < -0.4 is 16.8 Å². The van der Waals surface area contributed by atoms with Crippen LogP contribution in [0.25, 0.3) is 11.1 Å². The first kappa shape index (κ1) is 13.2. The van der Waals surface area contributed by atoms with Crippen LogP contribution in [0, 0.1) is 0 Å². The van der Waals surface area contributed by atoms with Crippen molar-refractivity contribution in [2.24, 2.45) is 0 Å². The summed E-state index contributed by atoms with van der Waals surface area (Å²) in [6.07, 6.45) is 0. The Balaban J connectivity index is 2.24. The summed E-state index contributed by atoms with van der Waals surface area (Å²) in [6.45, 7) is 1.43. The lowest BCUT2D eigenvalue weighted by Crippen LogP contribution is -2.07. The van der Waals surface area contributed by atoms with Gasteiger partial charge in [-0.25, -0.2) is 0 Å². The lowest BCUT2D eigenvalue weighted by atomic mass is 10.0. The number of rotatable bonds is 5. The number of nitrogen functional groups attached to an aromatic ring is 2. The number of anilines is 3. The van der Waals surface area contributed by atoms with Crippen LogP contribution in [0.15, 0.2) is 42.5 Å². The smallest absolute Gasteiger partial charge is 0.0635 e. The maximum Gasteiger partial charge on any atom is 0.0635 e. The van der Waals surface area contributed by atoms with E-state index in [9.17, 15) is 0 Å². The van der Waals surface area contributed by atoms with Gasteiger partial charge in [-0.3, -0.25) is 0 Å². The van der Waals surface area contributed by atoms with Crippen molar-refractivity contribution in [1.82, 2.24) is 0 Å². The van der Waals surface area contributed by atoms with Crippen molar-refractivity contribution in [3.8, 4) is 11.1 Å². The number of methoxy groups -OCH3 is 1. The third kappa shape index (κ3) is 3.39. The molecule has 0 heterocycles. The molecular weight excluding hydrogens is 238 g/mol. The van der Waals surface area contributed by atoms with Crippen molar-refractivity contribution >= 4 is 17.1 Å². The highest BCUT2D eigenvalue weighted by Gasteiger charge is 2.04. The maximum absolute atomic E-state index is 6.03. The lowest BCUT2D eigenvalue weighted by molar-refractivity contribution is 0.211. The molecule has 0 unspecified atom stereocenters. The summed E-state index contributed by atoms with van der Waals surface area (Å²) in [6, 6.07) is 13.6. The first-order chi connectivity index (χ1) is 9.20. The predicted molar refractivity (Wildman–Crippen MR) is 81.1 cm³/mol. The molecule has 2 aromatic carbocycles. The Hall–Kier alpha value is -2.20. The Morgan fingerprint density at radius 3 is 2.47 bits per heavy atom. The fourth-order valence-corrected chi connectivity index (χ4v) is 1.88. The minimum absolute atomic E-state index is 0.668. The maximum atomic E-state index is 6.03. The van der Waals surface area contributed by atoms with Gasteiger partial charge in [-0.15, -0.1) is 0 Å². The fourth-order valence-electron chi connectivity index (χ4n) is 1.88. The molecule has 5 N–H and O–H groups in total. The molecule has 4 heteroatoms. The molecule has 2 aromatic rings. The second kappa shape index (κ2) is 6.11. The number of hydrogen-bond donors (Lipinski definition) is 3. The second-order valence-corrected chi connectivity index (χ2v) is 4.34. The topological polar surface area (TPSA) is 73.3 Å². The highest BCUT2D eigenvalue weighted by atomic mass is 16.5. The van der Waals surface area contributed by atoms with Gasteiger partial charge in [0.1, 0.15) is 0 Å². The first-order valence-corrected chi connectivity index (χ1v) is 6.19. The highest BCUT2D eigenvalue weighted by molar-refractivity contribution is 5.80. The molecule has 0 aliphatic rings. The molecule has 0 spiro atoms. The Bertz CT molecular complexity index is 538. The van der Waals surface area contributed by atoms with E-state index in [1.165, 1.54) is 0 Å². The minimum Gasteiger partial charge on any atom is -0.399 e. The molecule has 0 radical (unpaired) electrons. The predicted octanol–water partition coefficient (Wildman–Crippen LogP) is 2.58. The number of nitrogens with one attached hydrogen (secondary N) is 1. The van der Waals surface area contributed by atoms with Gasteiger partial charge in [-0.2, -0.15) is 0 Å². The van der Waals surface area contributed by atoms with Gasteiger partial charge >= 0.3 is 0 Å². The molecule has 0 aromatic heterocycles.